The van der Waals surface area contributed by atoms with Crippen LogP contribution in [0.1, 0.15) is 55.7 Å². The van der Waals surface area contributed by atoms with Gasteiger partial charge < -0.3 is 11.1 Å². The molecule has 2 atom stereocenters. The maximum atomic E-state index is 13.3. The summed E-state index contributed by atoms with van der Waals surface area (Å²) in [5.74, 6) is -0.423. The van der Waals surface area contributed by atoms with Crippen LogP contribution in [-0.2, 0) is 0 Å². The van der Waals surface area contributed by atoms with Crippen molar-refractivity contribution in [3.8, 4) is 11.1 Å². The Bertz CT molecular complexity index is 1250. The lowest BCUT2D eigenvalue weighted by molar-refractivity contribution is 0.0932. The number of halogens is 1. The molecule has 0 saturated heterocycles. The number of hydrogen-bond donors (Lipinski definition) is 2. The van der Waals surface area contributed by atoms with Crippen LogP contribution in [0.2, 0.25) is 0 Å². The van der Waals surface area contributed by atoms with Gasteiger partial charge in [-0.25, -0.2) is 8.91 Å². The normalized spacial score (nSPS) is 13.2. The lowest BCUT2D eigenvalue weighted by Crippen LogP contribution is -2.33. The Morgan fingerprint density at radius 2 is 1.91 bits per heavy atom. The average Bonchev–Trinajstić information content (AvgIpc) is 3.40. The number of amides is 1. The van der Waals surface area contributed by atoms with E-state index in [1.54, 1.807) is 24.4 Å². The summed E-state index contributed by atoms with van der Waals surface area (Å²) in [6.45, 7) is 6.00. The van der Waals surface area contributed by atoms with Crippen LogP contribution in [-0.4, -0.2) is 36.3 Å². The fraction of sp³-hybridized carbons (Fsp3) is 0.304. The number of carbonyl (C=O) groups excluding carboxylic acids is 1. The fourth-order valence-corrected chi connectivity index (χ4v) is 3.65. The predicted octanol–water partition coefficient (Wildman–Crippen LogP) is 3.84. The summed E-state index contributed by atoms with van der Waals surface area (Å²) < 4.78 is 16.6. The molecule has 166 valence electrons. The van der Waals surface area contributed by atoms with Gasteiger partial charge in [0.1, 0.15) is 11.5 Å². The van der Waals surface area contributed by atoms with Crippen molar-refractivity contribution in [2.24, 2.45) is 0 Å². The largest absolute Gasteiger partial charge is 0.366 e. The first kappa shape index (κ1) is 21.5. The molecular formula is C23H26FN7O. The molecule has 1 amide bonds. The van der Waals surface area contributed by atoms with Crippen molar-refractivity contribution in [3.05, 3.63) is 65.9 Å². The molecule has 3 N–H and O–H groups in total. The second kappa shape index (κ2) is 8.78. The number of nitrogens with two attached hydrogens (primary N) is 1. The molecule has 3 heterocycles. The zero-order chi connectivity index (χ0) is 22.8. The molecule has 0 radical (unpaired) electrons. The van der Waals surface area contributed by atoms with E-state index < -0.39 is 0 Å². The number of pyridine rings is 1. The number of nitrogens with one attached hydrogen (secondary N) is 1. The third-order valence-electron chi connectivity index (χ3n) is 5.57. The lowest BCUT2D eigenvalue weighted by Gasteiger charge is -2.16. The van der Waals surface area contributed by atoms with Crippen LogP contribution < -0.4 is 11.1 Å². The molecule has 0 saturated carbocycles. The van der Waals surface area contributed by atoms with E-state index in [4.69, 9.17) is 5.73 Å². The van der Waals surface area contributed by atoms with Gasteiger partial charge in [-0.1, -0.05) is 26.0 Å². The zero-order valence-electron chi connectivity index (χ0n) is 18.3. The summed E-state index contributed by atoms with van der Waals surface area (Å²) in [7, 11) is 0. The van der Waals surface area contributed by atoms with E-state index in [2.05, 4.69) is 27.4 Å². The van der Waals surface area contributed by atoms with E-state index in [1.807, 2.05) is 30.8 Å². The van der Waals surface area contributed by atoms with Crippen LogP contribution in [0.4, 0.5) is 10.3 Å². The Balaban J connectivity index is 1.73. The van der Waals surface area contributed by atoms with Gasteiger partial charge in [0.2, 0.25) is 5.95 Å². The number of aromatic nitrogens is 5. The van der Waals surface area contributed by atoms with Gasteiger partial charge in [-0.15, -0.1) is 5.10 Å². The molecule has 4 rings (SSSR count). The summed E-state index contributed by atoms with van der Waals surface area (Å²) in [4.78, 5) is 17.1. The highest BCUT2D eigenvalue weighted by Gasteiger charge is 2.19. The molecule has 0 fully saturated rings. The van der Waals surface area contributed by atoms with E-state index in [9.17, 15) is 9.18 Å². The molecule has 1 aromatic carbocycles. The second-order valence-corrected chi connectivity index (χ2v) is 7.84. The lowest BCUT2D eigenvalue weighted by atomic mass is 10.0. The Hall–Kier alpha value is -3.75. The Kier molecular flexibility index (Phi) is 5.89. The fourth-order valence-electron chi connectivity index (χ4n) is 3.65. The van der Waals surface area contributed by atoms with Gasteiger partial charge >= 0.3 is 0 Å². The minimum Gasteiger partial charge on any atom is -0.366 e. The molecule has 3 aromatic heterocycles. The molecular weight excluding hydrogens is 409 g/mol. The number of benzene rings is 1. The first-order valence-corrected chi connectivity index (χ1v) is 10.7. The molecule has 0 aliphatic carbocycles. The first-order chi connectivity index (χ1) is 15.4. The number of rotatable bonds is 7. The number of nitrogen functional groups attached to an aromatic ring is 1. The van der Waals surface area contributed by atoms with Gasteiger partial charge in [0.05, 0.1) is 12.2 Å². The zero-order valence-corrected chi connectivity index (χ0v) is 18.3. The summed E-state index contributed by atoms with van der Waals surface area (Å²) in [5, 5.41) is 11.7. The van der Waals surface area contributed by atoms with Crippen LogP contribution in [0, 0.1) is 5.82 Å². The van der Waals surface area contributed by atoms with Crippen molar-refractivity contribution in [1.82, 2.24) is 29.7 Å². The Morgan fingerprint density at radius 1 is 1.16 bits per heavy atom. The molecule has 0 spiro atoms. The van der Waals surface area contributed by atoms with Gasteiger partial charge in [0.15, 0.2) is 5.65 Å². The standard InChI is InChI=1S/C23H26FN7O/c1-4-14(3)27-22(32)20-10-16(11-21-28-23(25)29-31(20)21)17-12-26-30(13-17)19(5-2)15-6-8-18(24)9-7-15/h6-14,19H,4-5H2,1-3H3,(H2,25,29)(H,27,32)/t14-,19-/m0/s1. The van der Waals surface area contributed by atoms with Gasteiger partial charge in [0, 0.05) is 17.8 Å². The van der Waals surface area contributed by atoms with Crippen LogP contribution >= 0.6 is 0 Å². The van der Waals surface area contributed by atoms with E-state index in [1.165, 1.54) is 16.6 Å². The molecule has 0 unspecified atom stereocenters. The SMILES string of the molecule is CC[C@H](C)NC(=O)c1cc(-c2cnn([C@@H](CC)c3ccc(F)cc3)c2)cc2nc(N)nn12. The third kappa shape index (κ3) is 4.18. The minimum atomic E-state index is -0.270. The highest BCUT2D eigenvalue weighted by molar-refractivity contribution is 5.95. The number of anilines is 1. The van der Waals surface area contributed by atoms with Crippen molar-refractivity contribution in [2.75, 3.05) is 5.73 Å². The summed E-state index contributed by atoms with van der Waals surface area (Å²) >= 11 is 0. The summed E-state index contributed by atoms with van der Waals surface area (Å²) in [6.07, 6.45) is 5.26. The minimum absolute atomic E-state index is 0.0193. The average molecular weight is 436 g/mol. The van der Waals surface area contributed by atoms with E-state index in [0.29, 0.717) is 11.3 Å². The molecule has 4 aromatic rings. The number of carbonyl (C=O) groups is 1. The first-order valence-electron chi connectivity index (χ1n) is 10.7. The third-order valence-corrected chi connectivity index (χ3v) is 5.57. The van der Waals surface area contributed by atoms with Crippen LogP contribution in [0.3, 0.4) is 0 Å². The molecule has 0 bridgehead atoms. The van der Waals surface area contributed by atoms with Crippen molar-refractivity contribution in [1.29, 1.82) is 0 Å². The molecule has 9 heteroatoms. The molecule has 8 nitrogen and oxygen atoms in total. The molecule has 0 aliphatic rings. The molecule has 0 aliphatic heterocycles. The van der Waals surface area contributed by atoms with Crippen LogP contribution in [0.5, 0.6) is 0 Å². The maximum absolute atomic E-state index is 13.3. The van der Waals surface area contributed by atoms with Crippen LogP contribution in [0.15, 0.2) is 48.8 Å². The highest BCUT2D eigenvalue weighted by Crippen LogP contribution is 2.27. The predicted molar refractivity (Wildman–Crippen MR) is 121 cm³/mol. The van der Waals surface area contributed by atoms with E-state index in [0.717, 1.165) is 29.5 Å². The topological polar surface area (TPSA) is 103 Å². The quantitative estimate of drug-likeness (QED) is 0.459. The number of hydrogen-bond acceptors (Lipinski definition) is 5. The van der Waals surface area contributed by atoms with Gasteiger partial charge in [0.25, 0.3) is 5.91 Å². The Labute approximate surface area is 185 Å². The van der Waals surface area contributed by atoms with E-state index in [-0.39, 0.29) is 29.8 Å². The van der Waals surface area contributed by atoms with Crippen molar-refractivity contribution < 1.29 is 9.18 Å². The monoisotopic (exact) mass is 435 g/mol. The maximum Gasteiger partial charge on any atom is 0.270 e. The second-order valence-electron chi connectivity index (χ2n) is 7.84. The number of fused-ring (bicyclic) bond motifs is 1. The highest BCUT2D eigenvalue weighted by atomic mass is 19.1. The van der Waals surface area contributed by atoms with Crippen LogP contribution in [0.25, 0.3) is 16.8 Å². The van der Waals surface area contributed by atoms with Crippen molar-refractivity contribution >= 4 is 17.5 Å². The van der Waals surface area contributed by atoms with Crippen molar-refractivity contribution in [2.45, 2.75) is 45.7 Å². The summed E-state index contributed by atoms with van der Waals surface area (Å²) in [5.41, 5.74) is 9.20. The Morgan fingerprint density at radius 3 is 2.59 bits per heavy atom. The molecule has 32 heavy (non-hydrogen) atoms. The van der Waals surface area contributed by atoms with E-state index >= 15 is 0 Å². The number of nitrogens with zero attached hydrogens (tertiary/aromatic N) is 5. The van der Waals surface area contributed by atoms with Gasteiger partial charge in [-0.3, -0.25) is 9.48 Å². The van der Waals surface area contributed by atoms with Gasteiger partial charge in [-0.05, 0) is 55.2 Å². The smallest absolute Gasteiger partial charge is 0.270 e. The summed E-state index contributed by atoms with van der Waals surface area (Å²) in [6, 6.07) is 10.0. The van der Waals surface area contributed by atoms with Crippen molar-refractivity contribution in [3.63, 3.8) is 0 Å². The van der Waals surface area contributed by atoms with Gasteiger partial charge in [-0.2, -0.15) is 10.1 Å².